The van der Waals surface area contributed by atoms with E-state index in [2.05, 4.69) is 0 Å². The van der Waals surface area contributed by atoms with Gasteiger partial charge in [0.15, 0.2) is 0 Å². The Morgan fingerprint density at radius 1 is 1.50 bits per heavy atom. The fourth-order valence-corrected chi connectivity index (χ4v) is 1.62. The monoisotopic (exact) mass is 190 g/mol. The molecule has 1 unspecified atom stereocenters. The van der Waals surface area contributed by atoms with Crippen LogP contribution in [0.2, 0.25) is 0 Å². The van der Waals surface area contributed by atoms with Crippen molar-refractivity contribution in [2.24, 2.45) is 5.92 Å². The van der Waals surface area contributed by atoms with E-state index >= 15 is 0 Å². The number of esters is 1. The minimum atomic E-state index is -0.636. The minimum Gasteiger partial charge on any atom is -0.426 e. The topological polar surface area (TPSA) is 43.4 Å². The van der Waals surface area contributed by atoms with Crippen LogP contribution in [0.1, 0.15) is 11.1 Å². The van der Waals surface area contributed by atoms with Crippen LogP contribution in [-0.4, -0.2) is 12.3 Å². The summed E-state index contributed by atoms with van der Waals surface area (Å²) in [7, 11) is 0. The number of benzene rings is 1. The third-order valence-electron chi connectivity index (χ3n) is 2.47. The van der Waals surface area contributed by atoms with Gasteiger partial charge in [0.1, 0.15) is 18.0 Å². The van der Waals surface area contributed by atoms with E-state index in [0.29, 0.717) is 18.5 Å². The van der Waals surface area contributed by atoms with E-state index in [9.17, 15) is 9.59 Å². The quantitative estimate of drug-likeness (QED) is 0.290. The van der Waals surface area contributed by atoms with Gasteiger partial charge in [-0.3, -0.25) is 4.79 Å². The average Bonchev–Trinajstić information content (AvgIpc) is 2.17. The van der Waals surface area contributed by atoms with Gasteiger partial charge >= 0.3 is 5.97 Å². The zero-order valence-electron chi connectivity index (χ0n) is 7.82. The molecule has 3 nitrogen and oxygen atoms in total. The molecule has 0 spiro atoms. The Morgan fingerprint density at radius 2 is 2.29 bits per heavy atom. The van der Waals surface area contributed by atoms with Crippen molar-refractivity contribution in [1.29, 1.82) is 0 Å². The molecule has 1 aromatic carbocycles. The van der Waals surface area contributed by atoms with E-state index in [0.717, 1.165) is 11.1 Å². The fourth-order valence-electron chi connectivity index (χ4n) is 1.62. The zero-order valence-corrected chi connectivity index (χ0v) is 7.82. The molecule has 0 saturated carbocycles. The normalized spacial score (nSPS) is 19.8. The molecular weight excluding hydrogens is 180 g/mol. The summed E-state index contributed by atoms with van der Waals surface area (Å²) in [5.41, 5.74) is 2.02. The molecule has 1 aromatic rings. The fraction of sp³-hybridized carbons (Fsp3) is 0.273. The van der Waals surface area contributed by atoms with Crippen LogP contribution in [0, 0.1) is 12.8 Å². The van der Waals surface area contributed by atoms with Crippen LogP contribution in [0.4, 0.5) is 0 Å². The van der Waals surface area contributed by atoms with E-state index in [1.165, 1.54) is 0 Å². The predicted octanol–water partition coefficient (Wildman–Crippen LogP) is 1.27. The van der Waals surface area contributed by atoms with Gasteiger partial charge in [-0.05, 0) is 30.5 Å². The van der Waals surface area contributed by atoms with E-state index in [1.807, 2.05) is 19.1 Å². The van der Waals surface area contributed by atoms with E-state index in [4.69, 9.17) is 4.74 Å². The number of hydrogen-bond acceptors (Lipinski definition) is 3. The van der Waals surface area contributed by atoms with Gasteiger partial charge in [0, 0.05) is 0 Å². The summed E-state index contributed by atoms with van der Waals surface area (Å²) < 4.78 is 5.05. The lowest BCUT2D eigenvalue weighted by molar-refractivity contribution is -0.142. The summed E-state index contributed by atoms with van der Waals surface area (Å²) >= 11 is 0. The van der Waals surface area contributed by atoms with Gasteiger partial charge in [-0.15, -0.1) is 0 Å². The SMILES string of the molecule is Cc1cccc2c1CC(C=O)C(=O)O2. The molecule has 1 atom stereocenters. The van der Waals surface area contributed by atoms with Gasteiger partial charge in [0.2, 0.25) is 0 Å². The van der Waals surface area contributed by atoms with Crippen molar-refractivity contribution in [2.45, 2.75) is 13.3 Å². The molecule has 2 rings (SSSR count). The lowest BCUT2D eigenvalue weighted by atomic mass is 9.94. The minimum absolute atomic E-state index is 0.446. The molecule has 0 aromatic heterocycles. The lowest BCUT2D eigenvalue weighted by Gasteiger charge is -2.20. The molecule has 0 bridgehead atoms. The number of rotatable bonds is 1. The van der Waals surface area contributed by atoms with Crippen molar-refractivity contribution >= 4 is 12.3 Å². The predicted molar refractivity (Wildman–Crippen MR) is 50.1 cm³/mol. The van der Waals surface area contributed by atoms with Crippen LogP contribution in [0.3, 0.4) is 0 Å². The number of aryl methyl sites for hydroxylation is 1. The number of hydrogen-bond donors (Lipinski definition) is 0. The third kappa shape index (κ3) is 1.31. The van der Waals surface area contributed by atoms with Gasteiger partial charge < -0.3 is 9.53 Å². The summed E-state index contributed by atoms with van der Waals surface area (Å²) in [5.74, 6) is -0.491. The largest absolute Gasteiger partial charge is 0.426 e. The summed E-state index contributed by atoms with van der Waals surface area (Å²) in [6, 6.07) is 5.53. The highest BCUT2D eigenvalue weighted by molar-refractivity contribution is 5.91. The molecular formula is C11H10O3. The number of carbonyl (C=O) groups is 2. The van der Waals surface area contributed by atoms with Crippen LogP contribution in [-0.2, 0) is 16.0 Å². The van der Waals surface area contributed by atoms with Crippen LogP contribution in [0.5, 0.6) is 5.75 Å². The first-order chi connectivity index (χ1) is 6.72. The summed E-state index contributed by atoms with van der Waals surface area (Å²) in [6.07, 6.45) is 1.11. The van der Waals surface area contributed by atoms with Crippen molar-refractivity contribution in [2.75, 3.05) is 0 Å². The summed E-state index contributed by atoms with van der Waals surface area (Å²) in [6.45, 7) is 1.94. The van der Waals surface area contributed by atoms with E-state index < -0.39 is 11.9 Å². The second-order valence-electron chi connectivity index (χ2n) is 3.42. The van der Waals surface area contributed by atoms with Crippen molar-refractivity contribution < 1.29 is 14.3 Å². The Bertz CT molecular complexity index is 396. The average molecular weight is 190 g/mol. The molecule has 0 N–H and O–H groups in total. The molecule has 0 saturated heterocycles. The van der Waals surface area contributed by atoms with Gasteiger partial charge in [0.25, 0.3) is 0 Å². The van der Waals surface area contributed by atoms with Crippen LogP contribution >= 0.6 is 0 Å². The summed E-state index contributed by atoms with van der Waals surface area (Å²) in [5, 5.41) is 0. The Kier molecular flexibility index (Phi) is 2.08. The second kappa shape index (κ2) is 3.25. The maximum absolute atomic E-state index is 11.2. The third-order valence-corrected chi connectivity index (χ3v) is 2.47. The molecule has 0 amide bonds. The zero-order chi connectivity index (χ0) is 10.1. The lowest BCUT2D eigenvalue weighted by Crippen LogP contribution is -2.29. The number of aldehydes is 1. The molecule has 0 fully saturated rings. The first-order valence-corrected chi connectivity index (χ1v) is 4.48. The smallest absolute Gasteiger partial charge is 0.321 e. The van der Waals surface area contributed by atoms with Crippen LogP contribution in [0.15, 0.2) is 18.2 Å². The van der Waals surface area contributed by atoms with Crippen LogP contribution in [0.25, 0.3) is 0 Å². The van der Waals surface area contributed by atoms with Crippen molar-refractivity contribution in [3.05, 3.63) is 29.3 Å². The Labute approximate surface area is 81.7 Å². The Balaban J connectivity index is 2.45. The van der Waals surface area contributed by atoms with Gasteiger partial charge in [0.05, 0.1) is 0 Å². The van der Waals surface area contributed by atoms with Crippen molar-refractivity contribution in [3.8, 4) is 5.75 Å². The highest BCUT2D eigenvalue weighted by Crippen LogP contribution is 2.29. The first-order valence-electron chi connectivity index (χ1n) is 4.48. The maximum Gasteiger partial charge on any atom is 0.321 e. The molecule has 0 radical (unpaired) electrons. The highest BCUT2D eigenvalue weighted by Gasteiger charge is 2.28. The molecule has 14 heavy (non-hydrogen) atoms. The van der Waals surface area contributed by atoms with Crippen molar-refractivity contribution in [3.63, 3.8) is 0 Å². The van der Waals surface area contributed by atoms with Gasteiger partial charge in [-0.2, -0.15) is 0 Å². The number of fused-ring (bicyclic) bond motifs is 1. The number of carbonyl (C=O) groups excluding carboxylic acids is 2. The standard InChI is InChI=1S/C11H10O3/c1-7-3-2-4-10-9(7)5-8(6-12)11(13)14-10/h2-4,6,8H,5H2,1H3. The van der Waals surface area contributed by atoms with Gasteiger partial charge in [-0.1, -0.05) is 12.1 Å². The maximum atomic E-state index is 11.2. The Hall–Kier alpha value is -1.64. The van der Waals surface area contributed by atoms with E-state index in [-0.39, 0.29) is 0 Å². The summed E-state index contributed by atoms with van der Waals surface area (Å²) in [4.78, 5) is 21.8. The molecule has 1 heterocycles. The first kappa shape index (κ1) is 8.94. The van der Waals surface area contributed by atoms with Gasteiger partial charge in [-0.25, -0.2) is 0 Å². The molecule has 1 aliphatic rings. The highest BCUT2D eigenvalue weighted by atomic mass is 16.5. The molecule has 0 aliphatic carbocycles. The molecule has 1 aliphatic heterocycles. The Morgan fingerprint density at radius 3 is 3.00 bits per heavy atom. The molecule has 3 heteroatoms. The second-order valence-corrected chi connectivity index (χ2v) is 3.42. The number of ether oxygens (including phenoxy) is 1. The van der Waals surface area contributed by atoms with E-state index in [1.54, 1.807) is 6.07 Å². The van der Waals surface area contributed by atoms with Crippen LogP contribution < -0.4 is 4.74 Å². The van der Waals surface area contributed by atoms with Crippen molar-refractivity contribution in [1.82, 2.24) is 0 Å². The molecule has 72 valence electrons.